The molecule has 0 unspecified atom stereocenters. The highest BCUT2D eigenvalue weighted by atomic mass is 16.3. The smallest absolute Gasteiger partial charge is 0.159 e. The molecule has 0 aliphatic heterocycles. The van der Waals surface area contributed by atoms with Gasteiger partial charge in [0.2, 0.25) is 0 Å². The Morgan fingerprint density at radius 2 is 1.14 bits per heavy atom. The molecule has 6 aromatic carbocycles. The molecule has 206 valence electrons. The van der Waals surface area contributed by atoms with Crippen LogP contribution in [0.4, 0.5) is 0 Å². The number of hydrogen-bond donors (Lipinski definition) is 0. The Kier molecular flexibility index (Phi) is 5.97. The molecule has 0 bridgehead atoms. The van der Waals surface area contributed by atoms with Crippen LogP contribution in [0.1, 0.15) is 25.6 Å². The summed E-state index contributed by atoms with van der Waals surface area (Å²) in [6.07, 6.45) is 0. The summed E-state index contributed by atoms with van der Waals surface area (Å²) in [5.74, 6) is 1.29. The maximum absolute atomic E-state index is 6.58. The Morgan fingerprint density at radius 3 is 1.86 bits per heavy atom. The van der Waals surface area contributed by atoms with Crippen molar-refractivity contribution in [2.24, 2.45) is 0 Å². The van der Waals surface area contributed by atoms with Crippen LogP contribution in [0.5, 0.6) is 0 Å². The average Bonchev–Trinajstić information content (AvgIpc) is 3.64. The predicted octanol–water partition coefficient (Wildman–Crippen LogP) is 11.0. The molecule has 3 nitrogen and oxygen atoms in total. The van der Waals surface area contributed by atoms with Crippen LogP contribution in [0.15, 0.2) is 144 Å². The van der Waals surface area contributed by atoms with E-state index >= 15 is 0 Å². The molecule has 2 heterocycles. The van der Waals surface area contributed by atoms with E-state index in [9.17, 15) is 0 Å². The van der Waals surface area contributed by atoms with Crippen molar-refractivity contribution in [1.29, 1.82) is 0 Å². The van der Waals surface area contributed by atoms with Gasteiger partial charge in [-0.05, 0) is 75.8 Å². The van der Waals surface area contributed by atoms with Gasteiger partial charge in [-0.2, -0.15) is 0 Å². The molecule has 0 radical (unpaired) electrons. The Balaban J connectivity index is 1.24. The Hall–Kier alpha value is -5.41. The number of rotatable bonds is 5. The zero-order valence-corrected chi connectivity index (χ0v) is 24.2. The van der Waals surface area contributed by atoms with Crippen LogP contribution in [-0.2, 0) is 0 Å². The van der Waals surface area contributed by atoms with Gasteiger partial charge in [-0.15, -0.1) is 0 Å². The predicted molar refractivity (Wildman–Crippen MR) is 179 cm³/mol. The van der Waals surface area contributed by atoms with Crippen LogP contribution in [0.25, 0.3) is 72.0 Å². The monoisotopic (exact) mass is 554 g/mol. The summed E-state index contributed by atoms with van der Waals surface area (Å²) < 4.78 is 8.84. The summed E-state index contributed by atoms with van der Waals surface area (Å²) in [4.78, 5) is 4.98. The summed E-state index contributed by atoms with van der Waals surface area (Å²) in [7, 11) is 0. The number of furan rings is 1. The molecule has 0 spiro atoms. The lowest BCUT2D eigenvalue weighted by Gasteiger charge is -2.12. The number of hydrogen-bond acceptors (Lipinski definition) is 2. The molecule has 8 aromatic rings. The van der Waals surface area contributed by atoms with Crippen LogP contribution < -0.4 is 0 Å². The largest absolute Gasteiger partial charge is 0.454 e. The van der Waals surface area contributed by atoms with Crippen molar-refractivity contribution in [1.82, 2.24) is 9.55 Å². The standard InChI is InChI=1S/C40H30N2O/c1-26(2)40-41-35-18-6-7-19-36(35)42(40)37-20-10-17-33-34-25-32(21-22-38(34)43-39(33)37)31-16-9-15-30(24-31)29-14-8-13-28(23-29)27-11-4-3-5-12-27/h3-26H,1-2H3. The molecule has 43 heavy (non-hydrogen) atoms. The second kappa shape index (κ2) is 10.1. The molecule has 0 atom stereocenters. The molecule has 0 fully saturated rings. The van der Waals surface area contributed by atoms with Crippen LogP contribution in [0, 0.1) is 0 Å². The van der Waals surface area contributed by atoms with Crippen molar-refractivity contribution in [3.63, 3.8) is 0 Å². The normalized spacial score (nSPS) is 11.7. The lowest BCUT2D eigenvalue weighted by Crippen LogP contribution is -2.03. The first kappa shape index (κ1) is 25.3. The van der Waals surface area contributed by atoms with E-state index in [1.165, 1.54) is 27.8 Å². The molecule has 0 aliphatic rings. The van der Waals surface area contributed by atoms with E-state index in [0.717, 1.165) is 50.0 Å². The summed E-state index contributed by atoms with van der Waals surface area (Å²) in [5.41, 5.74) is 12.1. The second-order valence-electron chi connectivity index (χ2n) is 11.4. The topological polar surface area (TPSA) is 31.0 Å². The zero-order chi connectivity index (χ0) is 28.9. The average molecular weight is 555 g/mol. The number of nitrogens with zero attached hydrogens (tertiary/aromatic N) is 2. The Bertz CT molecular complexity index is 2270. The third-order valence-corrected chi connectivity index (χ3v) is 8.32. The summed E-state index contributed by atoms with van der Waals surface area (Å²) >= 11 is 0. The first-order chi connectivity index (χ1) is 21.1. The van der Waals surface area contributed by atoms with E-state index in [-0.39, 0.29) is 5.92 Å². The van der Waals surface area contributed by atoms with E-state index in [4.69, 9.17) is 9.40 Å². The van der Waals surface area contributed by atoms with Crippen LogP contribution >= 0.6 is 0 Å². The van der Waals surface area contributed by atoms with Gasteiger partial charge in [0.15, 0.2) is 5.58 Å². The van der Waals surface area contributed by atoms with Crippen molar-refractivity contribution in [2.75, 3.05) is 0 Å². The molecule has 0 N–H and O–H groups in total. The van der Waals surface area contributed by atoms with Gasteiger partial charge in [0.25, 0.3) is 0 Å². The van der Waals surface area contributed by atoms with Gasteiger partial charge in [0.05, 0.1) is 16.7 Å². The van der Waals surface area contributed by atoms with Gasteiger partial charge in [-0.1, -0.05) is 111 Å². The molecular formula is C40H30N2O. The van der Waals surface area contributed by atoms with Gasteiger partial charge in [0, 0.05) is 16.7 Å². The van der Waals surface area contributed by atoms with Crippen LogP contribution in [0.2, 0.25) is 0 Å². The third kappa shape index (κ3) is 4.33. The molecule has 8 rings (SSSR count). The minimum Gasteiger partial charge on any atom is -0.454 e. The number of benzene rings is 6. The SMILES string of the molecule is CC(C)c1nc2ccccc2n1-c1cccc2c1oc1ccc(-c3cccc(-c4cccc(-c5ccccc5)c4)c3)cc12. The third-order valence-electron chi connectivity index (χ3n) is 8.32. The summed E-state index contributed by atoms with van der Waals surface area (Å²) in [6.45, 7) is 4.38. The summed E-state index contributed by atoms with van der Waals surface area (Å²) in [5, 5.41) is 2.22. The highest BCUT2D eigenvalue weighted by Gasteiger charge is 2.19. The highest BCUT2D eigenvalue weighted by molar-refractivity contribution is 6.09. The fraction of sp³-hybridized carbons (Fsp3) is 0.0750. The van der Waals surface area contributed by atoms with Crippen molar-refractivity contribution >= 4 is 33.0 Å². The first-order valence-corrected chi connectivity index (χ1v) is 14.8. The molecule has 2 aromatic heterocycles. The number of imidazole rings is 1. The number of fused-ring (bicyclic) bond motifs is 4. The van der Waals surface area contributed by atoms with Crippen molar-refractivity contribution in [3.8, 4) is 39.1 Å². The fourth-order valence-electron chi connectivity index (χ4n) is 6.21. The number of para-hydroxylation sites is 3. The van der Waals surface area contributed by atoms with Crippen molar-refractivity contribution < 1.29 is 4.42 Å². The number of aromatic nitrogens is 2. The van der Waals surface area contributed by atoms with E-state index in [2.05, 4.69) is 152 Å². The van der Waals surface area contributed by atoms with Gasteiger partial charge in [0.1, 0.15) is 11.4 Å². The van der Waals surface area contributed by atoms with Gasteiger partial charge in [-0.3, -0.25) is 4.57 Å². The van der Waals surface area contributed by atoms with E-state index in [0.29, 0.717) is 0 Å². The highest BCUT2D eigenvalue weighted by Crippen LogP contribution is 2.38. The van der Waals surface area contributed by atoms with E-state index in [1.807, 2.05) is 6.07 Å². The molecular weight excluding hydrogens is 524 g/mol. The van der Waals surface area contributed by atoms with Crippen molar-refractivity contribution in [3.05, 3.63) is 145 Å². The molecule has 0 aliphatic carbocycles. The summed E-state index contributed by atoms with van der Waals surface area (Å²) in [6, 6.07) is 49.4. The minimum atomic E-state index is 0.263. The van der Waals surface area contributed by atoms with E-state index in [1.54, 1.807) is 0 Å². The van der Waals surface area contributed by atoms with Crippen LogP contribution in [0.3, 0.4) is 0 Å². The molecule has 3 heteroatoms. The first-order valence-electron chi connectivity index (χ1n) is 14.8. The maximum atomic E-state index is 6.58. The van der Waals surface area contributed by atoms with Gasteiger partial charge in [-0.25, -0.2) is 4.98 Å². The quantitative estimate of drug-likeness (QED) is 0.212. The van der Waals surface area contributed by atoms with Gasteiger partial charge < -0.3 is 4.42 Å². The molecule has 0 amide bonds. The lowest BCUT2D eigenvalue weighted by molar-refractivity contribution is 0.662. The van der Waals surface area contributed by atoms with Crippen LogP contribution in [-0.4, -0.2) is 9.55 Å². The minimum absolute atomic E-state index is 0.263. The fourth-order valence-corrected chi connectivity index (χ4v) is 6.21. The van der Waals surface area contributed by atoms with E-state index < -0.39 is 0 Å². The second-order valence-corrected chi connectivity index (χ2v) is 11.4. The van der Waals surface area contributed by atoms with Crippen molar-refractivity contribution in [2.45, 2.75) is 19.8 Å². The Morgan fingerprint density at radius 1 is 0.535 bits per heavy atom. The lowest BCUT2D eigenvalue weighted by atomic mass is 9.96. The zero-order valence-electron chi connectivity index (χ0n) is 24.2. The molecule has 0 saturated heterocycles. The molecule has 0 saturated carbocycles. The van der Waals surface area contributed by atoms with Gasteiger partial charge >= 0.3 is 0 Å². The maximum Gasteiger partial charge on any atom is 0.159 e. The Labute approximate surface area is 250 Å².